The smallest absolute Gasteiger partial charge is 0.414 e. The number of carbonyl (C=O) groups is 1. The third kappa shape index (κ3) is 3.08. The standard InChI is InChI=1S/C20H23N3O3/c1-25-19-9-5-2-6-15(19)16-14-22(11-10-21-16)17-7-3-4-8-18(17)23-12-13-26-20(23)24/h2-9,16,21H,10-14H2,1H3. The molecule has 136 valence electrons. The van der Waals surface area contributed by atoms with E-state index in [4.69, 9.17) is 9.47 Å². The van der Waals surface area contributed by atoms with Gasteiger partial charge in [-0.25, -0.2) is 4.79 Å². The molecule has 2 fully saturated rings. The van der Waals surface area contributed by atoms with Gasteiger partial charge in [0.1, 0.15) is 12.4 Å². The molecule has 6 heteroatoms. The monoisotopic (exact) mass is 353 g/mol. The molecule has 1 N–H and O–H groups in total. The Morgan fingerprint density at radius 3 is 2.62 bits per heavy atom. The topological polar surface area (TPSA) is 54.0 Å². The number of anilines is 2. The zero-order valence-corrected chi connectivity index (χ0v) is 14.9. The highest BCUT2D eigenvalue weighted by molar-refractivity contribution is 5.93. The van der Waals surface area contributed by atoms with Crippen molar-refractivity contribution in [3.63, 3.8) is 0 Å². The number of hydrogen-bond donors (Lipinski definition) is 1. The molecule has 2 aliphatic rings. The van der Waals surface area contributed by atoms with Crippen molar-refractivity contribution < 1.29 is 14.3 Å². The number of para-hydroxylation sites is 3. The summed E-state index contributed by atoms with van der Waals surface area (Å²) in [5.74, 6) is 0.892. The van der Waals surface area contributed by atoms with Gasteiger partial charge in [-0.2, -0.15) is 0 Å². The van der Waals surface area contributed by atoms with E-state index in [0.717, 1.165) is 42.3 Å². The van der Waals surface area contributed by atoms with Crippen molar-refractivity contribution in [3.05, 3.63) is 54.1 Å². The van der Waals surface area contributed by atoms with E-state index >= 15 is 0 Å². The molecular formula is C20H23N3O3. The number of methoxy groups -OCH3 is 1. The summed E-state index contributed by atoms with van der Waals surface area (Å²) >= 11 is 0. The number of rotatable bonds is 4. The lowest BCUT2D eigenvalue weighted by Gasteiger charge is -2.37. The summed E-state index contributed by atoms with van der Waals surface area (Å²) in [4.78, 5) is 16.1. The Hall–Kier alpha value is -2.73. The first-order valence-corrected chi connectivity index (χ1v) is 8.92. The van der Waals surface area contributed by atoms with Crippen LogP contribution in [0.1, 0.15) is 11.6 Å². The number of carbonyl (C=O) groups excluding carboxylic acids is 1. The van der Waals surface area contributed by atoms with E-state index < -0.39 is 0 Å². The van der Waals surface area contributed by atoms with Crippen LogP contribution in [0.15, 0.2) is 48.5 Å². The Kier molecular flexibility index (Phi) is 4.67. The molecule has 6 nitrogen and oxygen atoms in total. The zero-order valence-electron chi connectivity index (χ0n) is 14.9. The maximum atomic E-state index is 12.0. The van der Waals surface area contributed by atoms with Crippen LogP contribution in [0.5, 0.6) is 5.75 Å². The van der Waals surface area contributed by atoms with Crippen LogP contribution in [-0.2, 0) is 4.74 Å². The van der Waals surface area contributed by atoms with Crippen molar-refractivity contribution in [2.24, 2.45) is 0 Å². The van der Waals surface area contributed by atoms with Gasteiger partial charge in [-0.15, -0.1) is 0 Å². The molecule has 0 bridgehead atoms. The van der Waals surface area contributed by atoms with Crippen LogP contribution < -0.4 is 19.9 Å². The summed E-state index contributed by atoms with van der Waals surface area (Å²) in [5, 5.41) is 3.58. The number of nitrogens with zero attached hydrogens (tertiary/aromatic N) is 2. The van der Waals surface area contributed by atoms with Gasteiger partial charge in [-0.05, 0) is 18.2 Å². The Labute approximate surface area is 153 Å². The highest BCUT2D eigenvalue weighted by atomic mass is 16.6. The normalized spacial score (nSPS) is 20.2. The van der Waals surface area contributed by atoms with Gasteiger partial charge in [0, 0.05) is 25.2 Å². The van der Waals surface area contributed by atoms with Gasteiger partial charge in [0.15, 0.2) is 0 Å². The molecule has 1 unspecified atom stereocenters. The molecule has 0 spiro atoms. The molecule has 0 radical (unpaired) electrons. The first-order chi connectivity index (χ1) is 12.8. The minimum absolute atomic E-state index is 0.165. The highest BCUT2D eigenvalue weighted by Gasteiger charge is 2.29. The lowest BCUT2D eigenvalue weighted by atomic mass is 10.0. The Balaban J connectivity index is 1.62. The largest absolute Gasteiger partial charge is 0.496 e. The summed E-state index contributed by atoms with van der Waals surface area (Å²) in [6.45, 7) is 3.59. The Morgan fingerprint density at radius 2 is 1.85 bits per heavy atom. The minimum atomic E-state index is -0.270. The van der Waals surface area contributed by atoms with Gasteiger partial charge in [0.05, 0.1) is 31.1 Å². The second-order valence-corrected chi connectivity index (χ2v) is 6.45. The molecule has 2 aliphatic heterocycles. The number of hydrogen-bond acceptors (Lipinski definition) is 5. The molecule has 4 rings (SSSR count). The number of nitrogens with one attached hydrogen (secondary N) is 1. The van der Waals surface area contributed by atoms with Crippen LogP contribution in [0.4, 0.5) is 16.2 Å². The lowest BCUT2D eigenvalue weighted by molar-refractivity contribution is 0.181. The first-order valence-electron chi connectivity index (χ1n) is 8.92. The fraction of sp³-hybridized carbons (Fsp3) is 0.350. The van der Waals surface area contributed by atoms with Crippen LogP contribution in [0.25, 0.3) is 0 Å². The van der Waals surface area contributed by atoms with Crippen LogP contribution >= 0.6 is 0 Å². The van der Waals surface area contributed by atoms with Crippen LogP contribution in [0.2, 0.25) is 0 Å². The van der Waals surface area contributed by atoms with E-state index in [9.17, 15) is 4.79 Å². The molecule has 2 aromatic rings. The number of piperazine rings is 1. The third-order valence-corrected chi connectivity index (χ3v) is 4.96. The van der Waals surface area contributed by atoms with E-state index in [1.165, 1.54) is 0 Å². The number of amides is 1. The number of ether oxygens (including phenoxy) is 2. The Morgan fingerprint density at radius 1 is 1.08 bits per heavy atom. The van der Waals surface area contributed by atoms with Crippen molar-refractivity contribution in [1.29, 1.82) is 0 Å². The van der Waals surface area contributed by atoms with Crippen molar-refractivity contribution in [1.82, 2.24) is 5.32 Å². The molecule has 0 aromatic heterocycles. The minimum Gasteiger partial charge on any atom is -0.496 e. The van der Waals surface area contributed by atoms with E-state index in [2.05, 4.69) is 22.3 Å². The molecular weight excluding hydrogens is 330 g/mol. The molecule has 1 amide bonds. The zero-order chi connectivity index (χ0) is 17.9. The van der Waals surface area contributed by atoms with Crippen molar-refractivity contribution >= 4 is 17.5 Å². The summed E-state index contributed by atoms with van der Waals surface area (Å²) in [5.41, 5.74) is 3.13. The highest BCUT2D eigenvalue weighted by Crippen LogP contribution is 2.34. The second-order valence-electron chi connectivity index (χ2n) is 6.45. The van der Waals surface area contributed by atoms with Crippen LogP contribution in [0, 0.1) is 0 Å². The molecule has 0 aliphatic carbocycles. The summed E-state index contributed by atoms with van der Waals surface area (Å²) in [6, 6.07) is 16.3. The lowest BCUT2D eigenvalue weighted by Crippen LogP contribution is -2.46. The summed E-state index contributed by atoms with van der Waals surface area (Å²) in [6.07, 6.45) is -0.270. The summed E-state index contributed by atoms with van der Waals surface area (Å²) in [7, 11) is 1.70. The quantitative estimate of drug-likeness (QED) is 0.916. The van der Waals surface area contributed by atoms with Gasteiger partial charge in [0.25, 0.3) is 0 Å². The fourth-order valence-corrected chi connectivity index (χ4v) is 3.70. The molecule has 0 saturated carbocycles. The molecule has 1 atom stereocenters. The molecule has 2 heterocycles. The summed E-state index contributed by atoms with van der Waals surface area (Å²) < 4.78 is 10.7. The van der Waals surface area contributed by atoms with Gasteiger partial charge in [-0.1, -0.05) is 30.3 Å². The fourth-order valence-electron chi connectivity index (χ4n) is 3.70. The number of cyclic esters (lactones) is 1. The van der Waals surface area contributed by atoms with Gasteiger partial charge < -0.3 is 19.7 Å². The van der Waals surface area contributed by atoms with E-state index in [-0.39, 0.29) is 12.1 Å². The predicted octanol–water partition coefficient (Wildman–Crippen LogP) is 2.80. The number of benzene rings is 2. The maximum Gasteiger partial charge on any atom is 0.414 e. The molecule has 2 aromatic carbocycles. The van der Waals surface area contributed by atoms with Gasteiger partial charge in [-0.3, -0.25) is 4.90 Å². The average molecular weight is 353 g/mol. The predicted molar refractivity (Wildman–Crippen MR) is 101 cm³/mol. The third-order valence-electron chi connectivity index (χ3n) is 4.96. The van der Waals surface area contributed by atoms with Crippen molar-refractivity contribution in [3.8, 4) is 5.75 Å². The van der Waals surface area contributed by atoms with Crippen LogP contribution in [0.3, 0.4) is 0 Å². The SMILES string of the molecule is COc1ccccc1C1CN(c2ccccc2N2CCOC2=O)CCN1. The van der Waals surface area contributed by atoms with Gasteiger partial charge in [0.2, 0.25) is 0 Å². The average Bonchev–Trinajstić information content (AvgIpc) is 3.14. The molecule has 26 heavy (non-hydrogen) atoms. The van der Waals surface area contributed by atoms with Crippen LogP contribution in [-0.4, -0.2) is 46.0 Å². The van der Waals surface area contributed by atoms with Crippen molar-refractivity contribution in [2.45, 2.75) is 6.04 Å². The second kappa shape index (κ2) is 7.25. The van der Waals surface area contributed by atoms with Gasteiger partial charge >= 0.3 is 6.09 Å². The van der Waals surface area contributed by atoms with E-state index in [1.54, 1.807) is 12.0 Å². The van der Waals surface area contributed by atoms with E-state index in [0.29, 0.717) is 13.2 Å². The molecule has 2 saturated heterocycles. The van der Waals surface area contributed by atoms with Crippen molar-refractivity contribution in [2.75, 3.05) is 49.7 Å². The Bertz CT molecular complexity index is 795. The first kappa shape index (κ1) is 16.7. The maximum absolute atomic E-state index is 12.0. The van der Waals surface area contributed by atoms with E-state index in [1.807, 2.05) is 36.4 Å².